The van der Waals surface area contributed by atoms with E-state index in [-0.39, 0.29) is 16.0 Å². The van der Waals surface area contributed by atoms with E-state index in [0.717, 1.165) is 4.47 Å². The van der Waals surface area contributed by atoms with Crippen molar-refractivity contribution in [2.75, 3.05) is 19.8 Å². The summed E-state index contributed by atoms with van der Waals surface area (Å²) in [6.45, 7) is 3.00. The third-order valence-electron chi connectivity index (χ3n) is 2.79. The molecular weight excluding hydrogens is 342 g/mol. The highest BCUT2D eigenvalue weighted by atomic mass is 79.9. The van der Waals surface area contributed by atoms with E-state index in [2.05, 4.69) is 15.9 Å². The molecule has 0 aliphatic carbocycles. The van der Waals surface area contributed by atoms with Crippen molar-refractivity contribution in [2.45, 2.75) is 17.9 Å². The molecule has 0 spiro atoms. The number of benzene rings is 1. The molecule has 1 fully saturated rings. The number of hydrogen-bond donors (Lipinski definition) is 0. The molecule has 0 bridgehead atoms. The lowest BCUT2D eigenvalue weighted by Crippen LogP contribution is -2.47. The van der Waals surface area contributed by atoms with Gasteiger partial charge in [0.05, 0.1) is 18.2 Å². The van der Waals surface area contributed by atoms with Crippen LogP contribution in [0.25, 0.3) is 0 Å². The summed E-state index contributed by atoms with van der Waals surface area (Å²) in [5, 5.41) is 0.225. The number of morpholine rings is 1. The molecule has 1 aromatic rings. The second-order valence-corrected chi connectivity index (χ2v) is 7.30. The summed E-state index contributed by atoms with van der Waals surface area (Å²) in [4.78, 5) is 0.140. The van der Waals surface area contributed by atoms with E-state index in [1.54, 1.807) is 12.1 Å². The molecule has 2 rings (SSSR count). The minimum Gasteiger partial charge on any atom is -0.378 e. The second kappa shape index (κ2) is 5.46. The Balaban J connectivity index is 2.41. The summed E-state index contributed by atoms with van der Waals surface area (Å²) in [7, 11) is -3.56. The van der Waals surface area contributed by atoms with Gasteiger partial charge in [-0.1, -0.05) is 27.5 Å². The zero-order valence-corrected chi connectivity index (χ0v) is 12.9. The number of ether oxygens (including phenoxy) is 1. The summed E-state index contributed by atoms with van der Waals surface area (Å²) in [5.41, 5.74) is 0. The fourth-order valence-corrected chi connectivity index (χ4v) is 4.49. The van der Waals surface area contributed by atoms with Crippen LogP contribution in [0.5, 0.6) is 0 Å². The fraction of sp³-hybridized carbons (Fsp3) is 0.455. The van der Waals surface area contributed by atoms with E-state index < -0.39 is 10.0 Å². The summed E-state index contributed by atoms with van der Waals surface area (Å²) >= 11 is 9.27. The molecule has 4 nitrogen and oxygen atoms in total. The Kier molecular flexibility index (Phi) is 4.33. The maximum atomic E-state index is 12.5. The SMILES string of the molecule is CC1COCCN1S(=O)(=O)c1ccc(Br)cc1Cl. The number of hydrogen-bond acceptors (Lipinski definition) is 3. The van der Waals surface area contributed by atoms with Crippen LogP contribution in [-0.4, -0.2) is 38.5 Å². The van der Waals surface area contributed by atoms with Crippen LogP contribution in [0, 0.1) is 0 Å². The van der Waals surface area contributed by atoms with Crippen LogP contribution in [0.4, 0.5) is 0 Å². The second-order valence-electron chi connectivity index (χ2n) is 4.11. The van der Waals surface area contributed by atoms with Crippen molar-refractivity contribution in [2.24, 2.45) is 0 Å². The van der Waals surface area contributed by atoms with Gasteiger partial charge in [0.15, 0.2) is 0 Å². The number of halogens is 2. The van der Waals surface area contributed by atoms with Crippen LogP contribution in [0.15, 0.2) is 27.6 Å². The monoisotopic (exact) mass is 353 g/mol. The van der Waals surface area contributed by atoms with E-state index in [4.69, 9.17) is 16.3 Å². The summed E-state index contributed by atoms with van der Waals surface area (Å²) in [6.07, 6.45) is 0. The molecule has 1 aromatic carbocycles. The van der Waals surface area contributed by atoms with Crippen molar-refractivity contribution in [3.63, 3.8) is 0 Å². The van der Waals surface area contributed by atoms with Crippen molar-refractivity contribution in [3.05, 3.63) is 27.7 Å². The first-order chi connectivity index (χ1) is 8.43. The van der Waals surface area contributed by atoms with Gasteiger partial charge in [-0.2, -0.15) is 4.31 Å². The predicted octanol–water partition coefficient (Wildman–Crippen LogP) is 2.51. The maximum Gasteiger partial charge on any atom is 0.244 e. The first-order valence-electron chi connectivity index (χ1n) is 5.47. The lowest BCUT2D eigenvalue weighted by Gasteiger charge is -2.32. The molecule has 0 amide bonds. The topological polar surface area (TPSA) is 46.6 Å². The van der Waals surface area contributed by atoms with Crippen LogP contribution >= 0.6 is 27.5 Å². The molecule has 0 radical (unpaired) electrons. The molecule has 1 aliphatic heterocycles. The minimum atomic E-state index is -3.56. The van der Waals surface area contributed by atoms with Crippen LogP contribution in [0.3, 0.4) is 0 Å². The molecule has 7 heteroatoms. The molecule has 1 unspecified atom stereocenters. The summed E-state index contributed by atoms with van der Waals surface area (Å²) in [5.74, 6) is 0. The van der Waals surface area contributed by atoms with Gasteiger partial charge >= 0.3 is 0 Å². The van der Waals surface area contributed by atoms with Crippen LogP contribution < -0.4 is 0 Å². The van der Waals surface area contributed by atoms with Crippen LogP contribution in [0.1, 0.15) is 6.92 Å². The number of sulfonamides is 1. The zero-order chi connectivity index (χ0) is 13.3. The molecule has 0 aromatic heterocycles. The zero-order valence-electron chi connectivity index (χ0n) is 9.77. The van der Waals surface area contributed by atoms with Gasteiger partial charge in [0, 0.05) is 17.1 Å². The molecular formula is C11H13BrClNO3S. The average Bonchev–Trinajstić information content (AvgIpc) is 2.28. The van der Waals surface area contributed by atoms with Crippen molar-refractivity contribution in [3.8, 4) is 0 Å². The standard InChI is InChI=1S/C11H13BrClNO3S/c1-8-7-17-5-4-14(8)18(15,16)11-3-2-9(12)6-10(11)13/h2-3,6,8H,4-5,7H2,1H3. The largest absolute Gasteiger partial charge is 0.378 e. The predicted molar refractivity (Wildman–Crippen MR) is 73.3 cm³/mol. The van der Waals surface area contributed by atoms with Gasteiger partial charge in [-0.15, -0.1) is 0 Å². The minimum absolute atomic E-state index is 0.140. The third kappa shape index (κ3) is 2.72. The highest BCUT2D eigenvalue weighted by Crippen LogP contribution is 2.29. The summed E-state index contributed by atoms with van der Waals surface area (Å²) in [6, 6.07) is 4.59. The Bertz CT molecular complexity index is 549. The van der Waals surface area contributed by atoms with E-state index >= 15 is 0 Å². The van der Waals surface area contributed by atoms with Gasteiger partial charge in [0.2, 0.25) is 10.0 Å². The molecule has 0 saturated carbocycles. The Hall–Kier alpha value is -0.140. The Morgan fingerprint density at radius 1 is 1.50 bits per heavy atom. The van der Waals surface area contributed by atoms with Gasteiger partial charge in [-0.05, 0) is 25.1 Å². The van der Waals surface area contributed by atoms with Crippen LogP contribution in [-0.2, 0) is 14.8 Å². The molecule has 1 atom stereocenters. The van der Waals surface area contributed by atoms with Gasteiger partial charge in [0.1, 0.15) is 4.90 Å². The lowest BCUT2D eigenvalue weighted by atomic mass is 10.3. The number of nitrogens with zero attached hydrogens (tertiary/aromatic N) is 1. The Labute approximate surface area is 120 Å². The normalized spacial score (nSPS) is 22.1. The maximum absolute atomic E-state index is 12.5. The highest BCUT2D eigenvalue weighted by Gasteiger charge is 2.32. The van der Waals surface area contributed by atoms with Gasteiger partial charge < -0.3 is 4.74 Å². The van der Waals surface area contributed by atoms with Crippen molar-refractivity contribution in [1.82, 2.24) is 4.31 Å². The molecule has 1 heterocycles. The molecule has 0 N–H and O–H groups in total. The van der Waals surface area contributed by atoms with Gasteiger partial charge in [0.25, 0.3) is 0 Å². The molecule has 18 heavy (non-hydrogen) atoms. The van der Waals surface area contributed by atoms with Crippen LogP contribution in [0.2, 0.25) is 5.02 Å². The fourth-order valence-electron chi connectivity index (χ4n) is 1.88. The highest BCUT2D eigenvalue weighted by molar-refractivity contribution is 9.10. The Morgan fingerprint density at radius 3 is 2.83 bits per heavy atom. The van der Waals surface area contributed by atoms with Gasteiger partial charge in [-0.3, -0.25) is 0 Å². The molecule has 1 aliphatic rings. The molecule has 100 valence electrons. The quantitative estimate of drug-likeness (QED) is 0.820. The van der Waals surface area contributed by atoms with Crippen molar-refractivity contribution < 1.29 is 13.2 Å². The molecule has 1 saturated heterocycles. The van der Waals surface area contributed by atoms with Crippen molar-refractivity contribution >= 4 is 37.6 Å². The van der Waals surface area contributed by atoms with E-state index in [1.807, 2.05) is 6.92 Å². The van der Waals surface area contributed by atoms with E-state index in [1.165, 1.54) is 10.4 Å². The van der Waals surface area contributed by atoms with E-state index in [9.17, 15) is 8.42 Å². The average molecular weight is 355 g/mol. The third-order valence-corrected chi connectivity index (χ3v) is 5.78. The summed E-state index contributed by atoms with van der Waals surface area (Å²) < 4.78 is 32.4. The lowest BCUT2D eigenvalue weighted by molar-refractivity contribution is 0.0393. The first kappa shape index (κ1) is 14.3. The van der Waals surface area contributed by atoms with Gasteiger partial charge in [-0.25, -0.2) is 8.42 Å². The number of rotatable bonds is 2. The van der Waals surface area contributed by atoms with E-state index in [0.29, 0.717) is 19.8 Å². The van der Waals surface area contributed by atoms with Crippen molar-refractivity contribution in [1.29, 1.82) is 0 Å². The first-order valence-corrected chi connectivity index (χ1v) is 8.08. The Morgan fingerprint density at radius 2 is 2.22 bits per heavy atom. The smallest absolute Gasteiger partial charge is 0.244 e.